The number of aryl methyl sites for hydroxylation is 3. The van der Waals surface area contributed by atoms with Crippen LogP contribution in [0.15, 0.2) is 34.8 Å². The minimum Gasteiger partial charge on any atom is -0.496 e. The van der Waals surface area contributed by atoms with E-state index < -0.39 is 6.10 Å². The number of ether oxygens (including phenoxy) is 1. The summed E-state index contributed by atoms with van der Waals surface area (Å²) in [5.74, 6) is 0.882. The number of hydrogen-bond donors (Lipinski definition) is 1. The number of hydrogen-bond acceptors (Lipinski definition) is 2. The zero-order valence-corrected chi connectivity index (χ0v) is 13.8. The average molecular weight is 335 g/mol. The third-order valence-corrected chi connectivity index (χ3v) is 4.39. The van der Waals surface area contributed by atoms with Gasteiger partial charge in [0.15, 0.2) is 0 Å². The van der Waals surface area contributed by atoms with E-state index in [1.54, 1.807) is 7.11 Å². The quantitative estimate of drug-likeness (QED) is 0.897. The Morgan fingerprint density at radius 2 is 1.50 bits per heavy atom. The third-order valence-electron chi connectivity index (χ3n) is 3.50. The largest absolute Gasteiger partial charge is 0.496 e. The van der Waals surface area contributed by atoms with Gasteiger partial charge in [0.1, 0.15) is 11.9 Å². The van der Waals surface area contributed by atoms with Crippen LogP contribution in [0.2, 0.25) is 0 Å². The van der Waals surface area contributed by atoms with E-state index in [0.29, 0.717) is 0 Å². The lowest BCUT2D eigenvalue weighted by molar-refractivity contribution is 0.220. The first-order valence-electron chi connectivity index (χ1n) is 6.53. The molecule has 106 valence electrons. The van der Waals surface area contributed by atoms with Gasteiger partial charge in [-0.3, -0.25) is 0 Å². The van der Waals surface area contributed by atoms with Crippen molar-refractivity contribution in [3.63, 3.8) is 0 Å². The summed E-state index contributed by atoms with van der Waals surface area (Å²) in [6, 6.07) is 9.87. The molecule has 0 amide bonds. The first-order chi connectivity index (χ1) is 9.43. The van der Waals surface area contributed by atoms with Gasteiger partial charge in [-0.2, -0.15) is 0 Å². The second-order valence-electron chi connectivity index (χ2n) is 5.10. The molecule has 3 heteroatoms. The topological polar surface area (TPSA) is 29.5 Å². The maximum absolute atomic E-state index is 10.6. The molecule has 0 aromatic heterocycles. The standard InChI is InChI=1S/C17H19BrO2/c1-10-7-13(5-6-15(10)18)16(19)14-8-11(2)17(20-4)12(3)9-14/h5-9,16,19H,1-4H3. The lowest BCUT2D eigenvalue weighted by Gasteiger charge is -2.16. The third kappa shape index (κ3) is 2.89. The van der Waals surface area contributed by atoms with E-state index in [2.05, 4.69) is 15.9 Å². The highest BCUT2D eigenvalue weighted by atomic mass is 79.9. The first-order valence-corrected chi connectivity index (χ1v) is 7.32. The van der Waals surface area contributed by atoms with E-state index in [9.17, 15) is 5.11 Å². The van der Waals surface area contributed by atoms with Gasteiger partial charge in [0.2, 0.25) is 0 Å². The van der Waals surface area contributed by atoms with Crippen LogP contribution in [0.5, 0.6) is 5.75 Å². The van der Waals surface area contributed by atoms with Crippen LogP contribution >= 0.6 is 15.9 Å². The van der Waals surface area contributed by atoms with E-state index in [0.717, 1.165) is 38.0 Å². The van der Waals surface area contributed by atoms with E-state index in [4.69, 9.17) is 4.74 Å². The molecule has 0 saturated carbocycles. The van der Waals surface area contributed by atoms with Crippen molar-refractivity contribution in [2.75, 3.05) is 7.11 Å². The maximum atomic E-state index is 10.6. The molecule has 2 nitrogen and oxygen atoms in total. The van der Waals surface area contributed by atoms with Crippen LogP contribution in [-0.2, 0) is 0 Å². The highest BCUT2D eigenvalue weighted by molar-refractivity contribution is 9.10. The molecular weight excluding hydrogens is 316 g/mol. The van der Waals surface area contributed by atoms with Gasteiger partial charge in [-0.05, 0) is 66.8 Å². The molecule has 0 aliphatic carbocycles. The Morgan fingerprint density at radius 3 is 2.00 bits per heavy atom. The van der Waals surface area contributed by atoms with Crippen LogP contribution in [0.1, 0.15) is 33.9 Å². The molecule has 20 heavy (non-hydrogen) atoms. The molecule has 0 bridgehead atoms. The van der Waals surface area contributed by atoms with Gasteiger partial charge in [-0.1, -0.05) is 28.1 Å². The predicted octanol–water partition coefficient (Wildman–Crippen LogP) is 4.46. The van der Waals surface area contributed by atoms with Crippen molar-refractivity contribution in [1.82, 2.24) is 0 Å². The van der Waals surface area contributed by atoms with Crippen LogP contribution in [0.3, 0.4) is 0 Å². The summed E-state index contributed by atoms with van der Waals surface area (Å²) in [5, 5.41) is 10.6. The molecule has 0 aliphatic heterocycles. The molecule has 1 N–H and O–H groups in total. The Bertz CT molecular complexity index is 612. The Hall–Kier alpha value is -1.32. The maximum Gasteiger partial charge on any atom is 0.124 e. The second-order valence-corrected chi connectivity index (χ2v) is 5.95. The summed E-state index contributed by atoms with van der Waals surface area (Å²) in [4.78, 5) is 0. The number of methoxy groups -OCH3 is 1. The Kier molecular flexibility index (Phi) is 4.51. The number of aliphatic hydroxyl groups excluding tert-OH is 1. The molecule has 0 spiro atoms. The fraction of sp³-hybridized carbons (Fsp3) is 0.294. The Balaban J connectivity index is 2.42. The summed E-state index contributed by atoms with van der Waals surface area (Å²) in [6.07, 6.45) is -0.620. The zero-order valence-electron chi connectivity index (χ0n) is 12.2. The predicted molar refractivity (Wildman–Crippen MR) is 85.4 cm³/mol. The fourth-order valence-corrected chi connectivity index (χ4v) is 2.74. The highest BCUT2D eigenvalue weighted by Gasteiger charge is 2.14. The molecule has 2 aromatic carbocycles. The van der Waals surface area contributed by atoms with Gasteiger partial charge in [-0.15, -0.1) is 0 Å². The van der Waals surface area contributed by atoms with Crippen LogP contribution in [0.4, 0.5) is 0 Å². The molecular formula is C17H19BrO2. The molecule has 0 fully saturated rings. The van der Waals surface area contributed by atoms with E-state index in [-0.39, 0.29) is 0 Å². The zero-order chi connectivity index (χ0) is 14.9. The smallest absolute Gasteiger partial charge is 0.124 e. The van der Waals surface area contributed by atoms with Crippen LogP contribution in [-0.4, -0.2) is 12.2 Å². The van der Waals surface area contributed by atoms with Crippen molar-refractivity contribution in [1.29, 1.82) is 0 Å². The van der Waals surface area contributed by atoms with Crippen molar-refractivity contribution in [3.05, 3.63) is 62.6 Å². The minimum absolute atomic E-state index is 0.620. The van der Waals surface area contributed by atoms with Gasteiger partial charge in [0.25, 0.3) is 0 Å². The summed E-state index contributed by atoms with van der Waals surface area (Å²) in [6.45, 7) is 6.01. The van der Waals surface area contributed by atoms with Crippen LogP contribution in [0.25, 0.3) is 0 Å². The van der Waals surface area contributed by atoms with Gasteiger partial charge in [-0.25, -0.2) is 0 Å². The second kappa shape index (κ2) is 5.98. The monoisotopic (exact) mass is 334 g/mol. The van der Waals surface area contributed by atoms with E-state index in [1.165, 1.54) is 0 Å². The molecule has 2 rings (SSSR count). The number of aliphatic hydroxyl groups is 1. The molecule has 0 heterocycles. The first kappa shape index (κ1) is 15.1. The summed E-state index contributed by atoms with van der Waals surface area (Å²) < 4.78 is 6.41. The molecule has 2 aromatic rings. The fourth-order valence-electron chi connectivity index (χ4n) is 2.49. The summed E-state index contributed by atoms with van der Waals surface area (Å²) in [7, 11) is 1.67. The molecule has 0 radical (unpaired) electrons. The van der Waals surface area contributed by atoms with Crippen molar-refractivity contribution in [3.8, 4) is 5.75 Å². The van der Waals surface area contributed by atoms with E-state index >= 15 is 0 Å². The number of halogens is 1. The number of benzene rings is 2. The lowest BCUT2D eigenvalue weighted by atomic mass is 9.96. The molecule has 1 atom stereocenters. The Morgan fingerprint density at radius 1 is 0.950 bits per heavy atom. The Labute approximate surface area is 128 Å². The number of rotatable bonds is 3. The van der Waals surface area contributed by atoms with Crippen molar-refractivity contribution in [2.24, 2.45) is 0 Å². The molecule has 0 saturated heterocycles. The van der Waals surface area contributed by atoms with Gasteiger partial charge in [0, 0.05) is 4.47 Å². The average Bonchev–Trinajstić information content (AvgIpc) is 2.40. The van der Waals surface area contributed by atoms with Crippen molar-refractivity contribution < 1.29 is 9.84 Å². The highest BCUT2D eigenvalue weighted by Crippen LogP contribution is 2.31. The van der Waals surface area contributed by atoms with Crippen LogP contribution < -0.4 is 4.74 Å². The van der Waals surface area contributed by atoms with Gasteiger partial charge < -0.3 is 9.84 Å². The normalized spacial score (nSPS) is 12.3. The SMILES string of the molecule is COc1c(C)cc(C(O)c2ccc(Br)c(C)c2)cc1C. The minimum atomic E-state index is -0.620. The van der Waals surface area contributed by atoms with Crippen LogP contribution in [0, 0.1) is 20.8 Å². The van der Waals surface area contributed by atoms with Crippen molar-refractivity contribution >= 4 is 15.9 Å². The van der Waals surface area contributed by atoms with Gasteiger partial charge >= 0.3 is 0 Å². The summed E-state index contributed by atoms with van der Waals surface area (Å²) in [5.41, 5.74) is 4.98. The van der Waals surface area contributed by atoms with E-state index in [1.807, 2.05) is 51.1 Å². The molecule has 1 unspecified atom stereocenters. The van der Waals surface area contributed by atoms with Crippen molar-refractivity contribution in [2.45, 2.75) is 26.9 Å². The summed E-state index contributed by atoms with van der Waals surface area (Å²) >= 11 is 3.48. The van der Waals surface area contributed by atoms with Gasteiger partial charge in [0.05, 0.1) is 7.11 Å². The lowest BCUT2D eigenvalue weighted by Crippen LogP contribution is -2.02. The molecule has 0 aliphatic rings.